The third kappa shape index (κ3) is 6.59. The number of nitrogens with one attached hydrogen (secondary N) is 1. The van der Waals surface area contributed by atoms with Crippen molar-refractivity contribution in [3.8, 4) is 0 Å². The number of anilines is 1. The maximum Gasteiger partial charge on any atom is 0.223 e. The molecule has 29 heavy (non-hydrogen) atoms. The number of pyridine rings is 1. The standard InChI is InChI=1S/C23H30N4O2/c1-19(10-11-20-7-3-2-4-8-20)25-22(28)12-13-23(29)27-17-15-26(16-18-27)21-9-5-6-14-24-21/h2-9,14,19H,10-13,15-18H2,1H3,(H,25,28)/t19-/m1/s1. The zero-order valence-electron chi connectivity index (χ0n) is 17.1. The van der Waals surface area contributed by atoms with E-state index in [1.54, 1.807) is 6.20 Å². The molecular weight excluding hydrogens is 364 g/mol. The summed E-state index contributed by atoms with van der Waals surface area (Å²) in [5, 5.41) is 3.01. The minimum absolute atomic E-state index is 0.0500. The molecule has 2 aromatic rings. The van der Waals surface area contributed by atoms with Gasteiger partial charge in [0.25, 0.3) is 0 Å². The molecule has 1 fully saturated rings. The molecule has 1 aliphatic rings. The van der Waals surface area contributed by atoms with Crippen molar-refractivity contribution in [1.29, 1.82) is 0 Å². The first kappa shape index (κ1) is 20.8. The highest BCUT2D eigenvalue weighted by Crippen LogP contribution is 2.13. The number of hydrogen-bond acceptors (Lipinski definition) is 4. The van der Waals surface area contributed by atoms with Crippen LogP contribution in [-0.4, -0.2) is 53.9 Å². The fourth-order valence-electron chi connectivity index (χ4n) is 3.55. The van der Waals surface area contributed by atoms with Crippen LogP contribution in [0.15, 0.2) is 54.7 Å². The quantitative estimate of drug-likeness (QED) is 0.748. The van der Waals surface area contributed by atoms with Crippen LogP contribution >= 0.6 is 0 Å². The molecule has 6 heteroatoms. The van der Waals surface area contributed by atoms with Gasteiger partial charge in [0.1, 0.15) is 5.82 Å². The van der Waals surface area contributed by atoms with Crippen molar-refractivity contribution in [2.24, 2.45) is 0 Å². The number of hydrogen-bond donors (Lipinski definition) is 1. The number of nitrogens with zero attached hydrogens (tertiary/aromatic N) is 3. The van der Waals surface area contributed by atoms with E-state index in [4.69, 9.17) is 0 Å². The molecule has 0 radical (unpaired) electrons. The Labute approximate surface area is 172 Å². The van der Waals surface area contributed by atoms with Crippen LogP contribution in [0.3, 0.4) is 0 Å². The minimum Gasteiger partial charge on any atom is -0.354 e. The Morgan fingerprint density at radius 2 is 1.72 bits per heavy atom. The van der Waals surface area contributed by atoms with Crippen LogP contribution in [0.25, 0.3) is 0 Å². The first-order valence-corrected chi connectivity index (χ1v) is 10.4. The summed E-state index contributed by atoms with van der Waals surface area (Å²) in [6.07, 6.45) is 4.11. The van der Waals surface area contributed by atoms with E-state index in [-0.39, 0.29) is 30.7 Å². The Bertz CT molecular complexity index is 774. The first-order chi connectivity index (χ1) is 14.1. The van der Waals surface area contributed by atoms with E-state index in [2.05, 4.69) is 27.3 Å². The maximum atomic E-state index is 12.5. The van der Waals surface area contributed by atoms with Crippen molar-refractivity contribution in [3.05, 3.63) is 60.3 Å². The van der Waals surface area contributed by atoms with E-state index in [9.17, 15) is 9.59 Å². The molecule has 1 aromatic heterocycles. The highest BCUT2D eigenvalue weighted by Gasteiger charge is 2.22. The molecule has 154 valence electrons. The molecular formula is C23H30N4O2. The van der Waals surface area contributed by atoms with Gasteiger partial charge < -0.3 is 15.1 Å². The van der Waals surface area contributed by atoms with Gasteiger partial charge in [-0.15, -0.1) is 0 Å². The van der Waals surface area contributed by atoms with E-state index in [0.717, 1.165) is 31.7 Å². The molecule has 0 unspecified atom stereocenters. The largest absolute Gasteiger partial charge is 0.354 e. The van der Waals surface area contributed by atoms with Crippen molar-refractivity contribution in [1.82, 2.24) is 15.2 Å². The van der Waals surface area contributed by atoms with Gasteiger partial charge in [-0.05, 0) is 37.5 Å². The average Bonchev–Trinajstić information content (AvgIpc) is 2.77. The van der Waals surface area contributed by atoms with Crippen molar-refractivity contribution in [3.63, 3.8) is 0 Å². The molecule has 0 spiro atoms. The summed E-state index contributed by atoms with van der Waals surface area (Å²) >= 11 is 0. The number of rotatable bonds is 8. The molecule has 1 aromatic carbocycles. The summed E-state index contributed by atoms with van der Waals surface area (Å²) in [6.45, 7) is 4.89. The minimum atomic E-state index is -0.0500. The number of amides is 2. The van der Waals surface area contributed by atoms with Gasteiger partial charge in [0.2, 0.25) is 11.8 Å². The zero-order valence-corrected chi connectivity index (χ0v) is 17.1. The lowest BCUT2D eigenvalue weighted by molar-refractivity contribution is -0.134. The van der Waals surface area contributed by atoms with Gasteiger partial charge in [-0.3, -0.25) is 9.59 Å². The zero-order chi connectivity index (χ0) is 20.5. The maximum absolute atomic E-state index is 12.5. The fraction of sp³-hybridized carbons (Fsp3) is 0.435. The van der Waals surface area contributed by atoms with Gasteiger partial charge in [0.05, 0.1) is 0 Å². The molecule has 0 bridgehead atoms. The summed E-state index contributed by atoms with van der Waals surface area (Å²) in [7, 11) is 0. The topological polar surface area (TPSA) is 65.5 Å². The molecule has 0 saturated carbocycles. The molecule has 2 amide bonds. The van der Waals surface area contributed by atoms with Crippen LogP contribution < -0.4 is 10.2 Å². The van der Waals surface area contributed by atoms with Crippen LogP contribution in [0.1, 0.15) is 31.7 Å². The van der Waals surface area contributed by atoms with Crippen molar-refractivity contribution in [2.45, 2.75) is 38.6 Å². The SMILES string of the molecule is C[C@H](CCc1ccccc1)NC(=O)CCC(=O)N1CCN(c2ccccn2)CC1. The van der Waals surface area contributed by atoms with Crippen molar-refractivity contribution < 1.29 is 9.59 Å². The second kappa shape index (κ2) is 10.6. The van der Waals surface area contributed by atoms with Gasteiger partial charge >= 0.3 is 0 Å². The smallest absolute Gasteiger partial charge is 0.223 e. The van der Waals surface area contributed by atoms with Crippen LogP contribution in [0.5, 0.6) is 0 Å². The van der Waals surface area contributed by atoms with Crippen LogP contribution in [0.4, 0.5) is 5.82 Å². The summed E-state index contributed by atoms with van der Waals surface area (Å²) in [6, 6.07) is 16.2. The van der Waals surface area contributed by atoms with E-state index < -0.39 is 0 Å². The average molecular weight is 395 g/mol. The second-order valence-electron chi connectivity index (χ2n) is 7.55. The third-order valence-electron chi connectivity index (χ3n) is 5.29. The molecule has 1 saturated heterocycles. The number of carbonyl (C=O) groups excluding carboxylic acids is 2. The highest BCUT2D eigenvalue weighted by atomic mass is 16.2. The molecule has 1 aliphatic heterocycles. The molecule has 0 aliphatic carbocycles. The van der Waals surface area contributed by atoms with Crippen molar-refractivity contribution in [2.75, 3.05) is 31.1 Å². The van der Waals surface area contributed by atoms with Crippen LogP contribution in [0.2, 0.25) is 0 Å². The van der Waals surface area contributed by atoms with E-state index in [0.29, 0.717) is 13.1 Å². The van der Waals surface area contributed by atoms with E-state index in [1.807, 2.05) is 48.2 Å². The van der Waals surface area contributed by atoms with E-state index >= 15 is 0 Å². The second-order valence-corrected chi connectivity index (χ2v) is 7.55. The molecule has 6 nitrogen and oxygen atoms in total. The first-order valence-electron chi connectivity index (χ1n) is 10.4. The third-order valence-corrected chi connectivity index (χ3v) is 5.29. The Morgan fingerprint density at radius 1 is 1.00 bits per heavy atom. The lowest BCUT2D eigenvalue weighted by Crippen LogP contribution is -2.49. The summed E-state index contributed by atoms with van der Waals surface area (Å²) < 4.78 is 0. The van der Waals surface area contributed by atoms with Gasteiger partial charge in [-0.2, -0.15) is 0 Å². The highest BCUT2D eigenvalue weighted by molar-refractivity contribution is 5.84. The van der Waals surface area contributed by atoms with Gasteiger partial charge in [-0.1, -0.05) is 36.4 Å². The Kier molecular flexibility index (Phi) is 7.61. The predicted octanol–water partition coefficient (Wildman–Crippen LogP) is 2.65. The number of aryl methyl sites for hydroxylation is 1. The monoisotopic (exact) mass is 394 g/mol. The summed E-state index contributed by atoms with van der Waals surface area (Å²) in [5.41, 5.74) is 1.27. The Morgan fingerprint density at radius 3 is 2.41 bits per heavy atom. The number of aromatic nitrogens is 1. The fourth-order valence-corrected chi connectivity index (χ4v) is 3.55. The number of piperazine rings is 1. The molecule has 3 rings (SSSR count). The Balaban J connectivity index is 1.33. The Hall–Kier alpha value is -2.89. The van der Waals surface area contributed by atoms with Gasteiger partial charge in [0, 0.05) is 51.3 Å². The van der Waals surface area contributed by atoms with Gasteiger partial charge in [-0.25, -0.2) is 4.98 Å². The normalized spacial score (nSPS) is 15.1. The summed E-state index contributed by atoms with van der Waals surface area (Å²) in [5.74, 6) is 0.951. The van der Waals surface area contributed by atoms with Crippen LogP contribution in [-0.2, 0) is 16.0 Å². The van der Waals surface area contributed by atoms with Gasteiger partial charge in [0.15, 0.2) is 0 Å². The van der Waals surface area contributed by atoms with Crippen LogP contribution in [0, 0.1) is 0 Å². The van der Waals surface area contributed by atoms with Crippen molar-refractivity contribution >= 4 is 17.6 Å². The lowest BCUT2D eigenvalue weighted by Gasteiger charge is -2.35. The summed E-state index contributed by atoms with van der Waals surface area (Å²) in [4.78, 5) is 33.0. The number of carbonyl (C=O) groups is 2. The molecule has 2 heterocycles. The predicted molar refractivity (Wildman–Crippen MR) is 115 cm³/mol. The molecule has 1 atom stereocenters. The lowest BCUT2D eigenvalue weighted by atomic mass is 10.1. The number of benzene rings is 1. The van der Waals surface area contributed by atoms with E-state index in [1.165, 1.54) is 5.56 Å². The molecule has 1 N–H and O–H groups in total.